The Bertz CT molecular complexity index is 802. The predicted octanol–water partition coefficient (Wildman–Crippen LogP) is 4.47. The highest BCUT2D eigenvalue weighted by atomic mass is 127. The van der Waals surface area contributed by atoms with Crippen molar-refractivity contribution in [2.75, 3.05) is 46.6 Å². The predicted molar refractivity (Wildman–Crippen MR) is 144 cm³/mol. The van der Waals surface area contributed by atoms with Crippen LogP contribution in [0.4, 0.5) is 0 Å². The number of hydrogen-bond donors (Lipinski definition) is 1. The maximum absolute atomic E-state index is 5.83. The Balaban J connectivity index is 0.00000385. The molecule has 0 saturated carbocycles. The van der Waals surface area contributed by atoms with Crippen molar-refractivity contribution in [3.8, 4) is 0 Å². The Kier molecular flexibility index (Phi) is 13.4. The third-order valence-electron chi connectivity index (χ3n) is 5.52. The van der Waals surface area contributed by atoms with Crippen molar-refractivity contribution in [3.05, 3.63) is 71.3 Å². The van der Waals surface area contributed by atoms with Crippen LogP contribution in [0.15, 0.2) is 59.6 Å². The first-order chi connectivity index (χ1) is 15.8. The molecule has 1 N–H and O–H groups in total. The van der Waals surface area contributed by atoms with Gasteiger partial charge in [0, 0.05) is 32.7 Å². The number of nitrogens with zero attached hydrogens (tertiary/aromatic N) is 2. The summed E-state index contributed by atoms with van der Waals surface area (Å²) < 4.78 is 16.6. The second kappa shape index (κ2) is 16.0. The van der Waals surface area contributed by atoms with E-state index >= 15 is 0 Å². The van der Waals surface area contributed by atoms with Gasteiger partial charge < -0.3 is 24.4 Å². The molecule has 2 aromatic rings. The Hall–Kier alpha value is -1.68. The normalized spacial score (nSPS) is 16.0. The van der Waals surface area contributed by atoms with E-state index in [4.69, 9.17) is 19.2 Å². The van der Waals surface area contributed by atoms with Gasteiger partial charge in [-0.25, -0.2) is 4.99 Å². The topological polar surface area (TPSA) is 55.3 Å². The number of benzene rings is 2. The van der Waals surface area contributed by atoms with E-state index in [0.29, 0.717) is 38.9 Å². The van der Waals surface area contributed by atoms with Gasteiger partial charge in [0.25, 0.3) is 0 Å². The van der Waals surface area contributed by atoms with Crippen LogP contribution in [0.5, 0.6) is 0 Å². The summed E-state index contributed by atoms with van der Waals surface area (Å²) in [6, 6.07) is 18.8. The zero-order valence-electron chi connectivity index (χ0n) is 19.9. The number of hydrogen-bond acceptors (Lipinski definition) is 4. The van der Waals surface area contributed by atoms with Crippen molar-refractivity contribution in [1.29, 1.82) is 0 Å². The molecule has 1 fully saturated rings. The molecule has 0 aliphatic carbocycles. The molecule has 1 heterocycles. The molecular formula is C26H38IN3O3. The summed E-state index contributed by atoms with van der Waals surface area (Å²) in [5.41, 5.74) is 3.57. The molecule has 2 aromatic carbocycles. The first-order valence-electron chi connectivity index (χ1n) is 11.6. The number of halogens is 1. The Labute approximate surface area is 215 Å². The molecule has 1 atom stereocenters. The molecule has 3 rings (SSSR count). The summed E-state index contributed by atoms with van der Waals surface area (Å²) in [7, 11) is 1.70. The molecule has 6 nitrogen and oxygen atoms in total. The second-order valence-electron chi connectivity index (χ2n) is 8.13. The number of methoxy groups -OCH3 is 1. The average molecular weight is 568 g/mol. The fourth-order valence-corrected chi connectivity index (χ4v) is 3.75. The maximum Gasteiger partial charge on any atom is 0.194 e. The van der Waals surface area contributed by atoms with Gasteiger partial charge in [-0.05, 0) is 30.0 Å². The lowest BCUT2D eigenvalue weighted by Crippen LogP contribution is -2.40. The number of rotatable bonds is 12. The fraction of sp³-hybridized carbons (Fsp3) is 0.500. The van der Waals surface area contributed by atoms with E-state index in [9.17, 15) is 0 Å². The van der Waals surface area contributed by atoms with Crippen LogP contribution in [-0.2, 0) is 34.0 Å². The molecule has 0 bridgehead atoms. The first kappa shape index (κ1) is 27.6. The van der Waals surface area contributed by atoms with E-state index in [1.165, 1.54) is 16.7 Å². The molecule has 182 valence electrons. The molecule has 0 spiro atoms. The van der Waals surface area contributed by atoms with Crippen molar-refractivity contribution in [2.45, 2.75) is 33.1 Å². The van der Waals surface area contributed by atoms with E-state index < -0.39 is 0 Å². The first-order valence-corrected chi connectivity index (χ1v) is 11.6. The summed E-state index contributed by atoms with van der Waals surface area (Å²) in [5, 5.41) is 3.44. The molecule has 33 heavy (non-hydrogen) atoms. The van der Waals surface area contributed by atoms with Crippen molar-refractivity contribution in [2.24, 2.45) is 10.9 Å². The maximum atomic E-state index is 5.83. The SMILES string of the molecule is CCNC(=NCc1ccc(COCc2ccccc2)cc1)N1CCC(COCCOC)C1.I. The van der Waals surface area contributed by atoms with E-state index in [1.807, 2.05) is 18.2 Å². The summed E-state index contributed by atoms with van der Waals surface area (Å²) in [4.78, 5) is 7.23. The lowest BCUT2D eigenvalue weighted by Gasteiger charge is -2.21. The highest BCUT2D eigenvalue weighted by Crippen LogP contribution is 2.17. The van der Waals surface area contributed by atoms with Crippen LogP contribution in [0.2, 0.25) is 0 Å². The number of guanidine groups is 1. The Morgan fingerprint density at radius 2 is 1.67 bits per heavy atom. The zero-order chi connectivity index (χ0) is 22.4. The largest absolute Gasteiger partial charge is 0.382 e. The van der Waals surface area contributed by atoms with E-state index in [-0.39, 0.29) is 24.0 Å². The highest BCUT2D eigenvalue weighted by molar-refractivity contribution is 14.0. The lowest BCUT2D eigenvalue weighted by atomic mass is 10.1. The minimum atomic E-state index is 0. The van der Waals surface area contributed by atoms with Crippen LogP contribution < -0.4 is 5.32 Å². The number of aliphatic imine (C=N–C) groups is 1. The molecule has 7 heteroatoms. The molecular weight excluding hydrogens is 529 g/mol. The van der Waals surface area contributed by atoms with Gasteiger partial charge in [-0.2, -0.15) is 0 Å². The molecule has 0 radical (unpaired) electrons. The standard InChI is InChI=1S/C26H37N3O3.HI/c1-3-27-26(29-14-13-25(18-29)21-31-16-15-30-2)28-17-22-9-11-24(12-10-22)20-32-19-23-7-5-4-6-8-23;/h4-12,25H,3,13-21H2,1-2H3,(H,27,28);1H. The van der Waals surface area contributed by atoms with Gasteiger partial charge in [-0.1, -0.05) is 54.6 Å². The second-order valence-corrected chi connectivity index (χ2v) is 8.13. The third-order valence-corrected chi connectivity index (χ3v) is 5.52. The van der Waals surface area contributed by atoms with Gasteiger partial charge in [0.15, 0.2) is 5.96 Å². The molecule has 0 aromatic heterocycles. The molecule has 1 unspecified atom stereocenters. The van der Waals surface area contributed by atoms with Crippen LogP contribution in [0.3, 0.4) is 0 Å². The van der Waals surface area contributed by atoms with E-state index in [0.717, 1.165) is 38.6 Å². The van der Waals surface area contributed by atoms with Gasteiger partial charge in [-0.3, -0.25) is 0 Å². The van der Waals surface area contributed by atoms with Crippen LogP contribution in [-0.4, -0.2) is 57.4 Å². The molecule has 0 amide bonds. The Morgan fingerprint density at radius 3 is 2.36 bits per heavy atom. The highest BCUT2D eigenvalue weighted by Gasteiger charge is 2.24. The van der Waals surface area contributed by atoms with Gasteiger partial charge in [0.2, 0.25) is 0 Å². The van der Waals surface area contributed by atoms with Gasteiger partial charge >= 0.3 is 0 Å². The number of ether oxygens (including phenoxy) is 3. The quantitative estimate of drug-likeness (QED) is 0.178. The van der Waals surface area contributed by atoms with Crippen LogP contribution in [0, 0.1) is 5.92 Å². The molecule has 1 aliphatic heterocycles. The van der Waals surface area contributed by atoms with E-state index in [2.05, 4.69) is 53.5 Å². The Morgan fingerprint density at radius 1 is 0.970 bits per heavy atom. The van der Waals surface area contributed by atoms with Crippen LogP contribution in [0.1, 0.15) is 30.0 Å². The molecule has 1 saturated heterocycles. The summed E-state index contributed by atoms with van der Waals surface area (Å²) in [6.45, 7) is 8.98. The summed E-state index contributed by atoms with van der Waals surface area (Å²) >= 11 is 0. The number of likely N-dealkylation sites (tertiary alicyclic amines) is 1. The average Bonchev–Trinajstić information content (AvgIpc) is 3.30. The van der Waals surface area contributed by atoms with Crippen LogP contribution >= 0.6 is 24.0 Å². The van der Waals surface area contributed by atoms with E-state index in [1.54, 1.807) is 7.11 Å². The van der Waals surface area contributed by atoms with Crippen molar-refractivity contribution in [1.82, 2.24) is 10.2 Å². The number of nitrogens with one attached hydrogen (secondary N) is 1. The van der Waals surface area contributed by atoms with Crippen molar-refractivity contribution < 1.29 is 14.2 Å². The minimum absolute atomic E-state index is 0. The minimum Gasteiger partial charge on any atom is -0.382 e. The molecule has 1 aliphatic rings. The van der Waals surface area contributed by atoms with Crippen LogP contribution in [0.25, 0.3) is 0 Å². The lowest BCUT2D eigenvalue weighted by molar-refractivity contribution is 0.0536. The smallest absolute Gasteiger partial charge is 0.194 e. The fourth-order valence-electron chi connectivity index (χ4n) is 3.75. The monoisotopic (exact) mass is 567 g/mol. The van der Waals surface area contributed by atoms with Crippen molar-refractivity contribution >= 4 is 29.9 Å². The van der Waals surface area contributed by atoms with Crippen molar-refractivity contribution in [3.63, 3.8) is 0 Å². The van der Waals surface area contributed by atoms with Gasteiger partial charge in [0.1, 0.15) is 0 Å². The summed E-state index contributed by atoms with van der Waals surface area (Å²) in [5.74, 6) is 1.54. The zero-order valence-corrected chi connectivity index (χ0v) is 22.2. The van der Waals surface area contributed by atoms with Gasteiger partial charge in [0.05, 0.1) is 39.6 Å². The summed E-state index contributed by atoms with van der Waals surface area (Å²) in [6.07, 6.45) is 1.13. The van der Waals surface area contributed by atoms with Gasteiger partial charge in [-0.15, -0.1) is 24.0 Å². The third kappa shape index (κ3) is 10.00.